The van der Waals surface area contributed by atoms with E-state index in [-0.39, 0.29) is 23.9 Å². The van der Waals surface area contributed by atoms with Crippen molar-refractivity contribution < 1.29 is 24.1 Å². The van der Waals surface area contributed by atoms with Gasteiger partial charge in [0.25, 0.3) is 5.91 Å². The minimum Gasteiger partial charge on any atom is -0.506 e. The molecule has 1 amide bonds. The molecular weight excluding hydrogens is 370 g/mol. The Morgan fingerprint density at radius 1 is 1.19 bits per heavy atom. The number of aliphatic hydroxyl groups is 1. The number of benzene rings is 2. The maximum absolute atomic E-state index is 11.6. The van der Waals surface area contributed by atoms with Crippen molar-refractivity contribution in [1.82, 2.24) is 10.0 Å². The first-order chi connectivity index (χ1) is 12.8. The minimum absolute atomic E-state index is 0.0348. The summed E-state index contributed by atoms with van der Waals surface area (Å²) in [7, 11) is -1.76. The number of hydrogen-bond acceptors (Lipinski definition) is 7. The van der Waals surface area contributed by atoms with Crippen LogP contribution in [0, 0.1) is 0 Å². The molecule has 3 rings (SSSR count). The summed E-state index contributed by atoms with van der Waals surface area (Å²) < 4.78 is 23.4. The molecule has 2 aromatic carbocycles. The van der Waals surface area contributed by atoms with Crippen molar-refractivity contribution >= 4 is 22.6 Å². The number of nitrogens with one attached hydrogen (secondary N) is 2. The Morgan fingerprint density at radius 2 is 1.81 bits per heavy atom. The van der Waals surface area contributed by atoms with E-state index in [1.807, 2.05) is 12.1 Å². The zero-order chi connectivity index (χ0) is 19.6. The fourth-order valence-electron chi connectivity index (χ4n) is 2.97. The van der Waals surface area contributed by atoms with Gasteiger partial charge in [0, 0.05) is 12.6 Å². The average molecular weight is 393 g/mol. The van der Waals surface area contributed by atoms with Crippen molar-refractivity contribution in [3.8, 4) is 5.75 Å². The maximum atomic E-state index is 11.6. The molecule has 2 aromatic rings. The summed E-state index contributed by atoms with van der Waals surface area (Å²) >= 11 is 0. The molecule has 1 saturated heterocycles. The smallest absolute Gasteiger partial charge is 0.251 e. The third kappa shape index (κ3) is 4.34. The number of β-amino-alcohol motifs (C(OH)–C–C–N with tert-alkyl or cyclic N) is 1. The van der Waals surface area contributed by atoms with Gasteiger partial charge in [0.05, 0.1) is 6.54 Å². The molecule has 0 aromatic heterocycles. The standard InChI is InChI=1S/C18H23N3O5S/c1-19-18(24)14-7-4-12(5-8-14)2-3-13-6-9-15(16(22)10-13)21-11-17(23)20-27(21,25)26/h4-10,17,20,22-23,25-26H,2-3,11H2,1H3,(H,19,24). The summed E-state index contributed by atoms with van der Waals surface area (Å²) in [6, 6.07) is 12.3. The summed E-state index contributed by atoms with van der Waals surface area (Å²) in [5, 5.41) is 22.4. The Labute approximate surface area is 159 Å². The highest BCUT2D eigenvalue weighted by Crippen LogP contribution is 2.49. The number of aryl methyl sites for hydroxylation is 2. The van der Waals surface area contributed by atoms with Crippen LogP contribution in [0.15, 0.2) is 42.5 Å². The van der Waals surface area contributed by atoms with Crippen LogP contribution in [0.3, 0.4) is 0 Å². The first-order valence-electron chi connectivity index (χ1n) is 8.44. The molecule has 27 heavy (non-hydrogen) atoms. The fourth-order valence-corrected chi connectivity index (χ4v) is 4.32. The summed E-state index contributed by atoms with van der Waals surface area (Å²) in [5.74, 6) is -0.215. The Kier molecular flexibility index (Phi) is 5.59. The zero-order valence-corrected chi connectivity index (χ0v) is 15.6. The number of hydrogen-bond donors (Lipinski definition) is 6. The summed E-state index contributed by atoms with van der Waals surface area (Å²) in [5.41, 5.74) is 2.80. The molecule has 1 atom stereocenters. The van der Waals surface area contributed by atoms with Gasteiger partial charge in [-0.1, -0.05) is 29.2 Å². The molecule has 1 heterocycles. The largest absolute Gasteiger partial charge is 0.506 e. The molecule has 6 N–H and O–H groups in total. The van der Waals surface area contributed by atoms with E-state index in [0.717, 1.165) is 21.9 Å². The summed E-state index contributed by atoms with van der Waals surface area (Å²) in [6.45, 7) is -0.0348. The Morgan fingerprint density at radius 3 is 2.37 bits per heavy atom. The lowest BCUT2D eigenvalue weighted by molar-refractivity contribution is 0.0963. The van der Waals surface area contributed by atoms with Crippen molar-refractivity contribution in [2.24, 2.45) is 0 Å². The molecule has 0 bridgehead atoms. The van der Waals surface area contributed by atoms with Crippen molar-refractivity contribution in [3.63, 3.8) is 0 Å². The molecule has 0 saturated carbocycles. The average Bonchev–Trinajstić information content (AvgIpc) is 2.91. The second-order valence-electron chi connectivity index (χ2n) is 6.31. The van der Waals surface area contributed by atoms with E-state index in [9.17, 15) is 24.1 Å². The lowest BCUT2D eigenvalue weighted by Gasteiger charge is -2.36. The highest BCUT2D eigenvalue weighted by atomic mass is 32.3. The van der Waals surface area contributed by atoms with Crippen LogP contribution in [0.4, 0.5) is 5.69 Å². The third-order valence-corrected chi connectivity index (χ3v) is 5.94. The fraction of sp³-hybridized carbons (Fsp3) is 0.278. The first kappa shape index (κ1) is 19.5. The highest BCUT2D eigenvalue weighted by Gasteiger charge is 2.36. The predicted octanol–water partition coefficient (Wildman–Crippen LogP) is 1.85. The number of carbonyl (C=O) groups excluding carboxylic acids is 1. The van der Waals surface area contributed by atoms with Crippen LogP contribution in [0.2, 0.25) is 0 Å². The van der Waals surface area contributed by atoms with Crippen molar-refractivity contribution in [3.05, 3.63) is 59.2 Å². The molecule has 9 heteroatoms. The molecule has 1 aliphatic heterocycles. The van der Waals surface area contributed by atoms with Gasteiger partial charge in [-0.2, -0.15) is 4.72 Å². The van der Waals surface area contributed by atoms with E-state index < -0.39 is 17.2 Å². The van der Waals surface area contributed by atoms with Gasteiger partial charge in [0.15, 0.2) is 0 Å². The summed E-state index contributed by atoms with van der Waals surface area (Å²) in [6.07, 6.45) is 0.322. The van der Waals surface area contributed by atoms with E-state index in [1.54, 1.807) is 37.4 Å². The van der Waals surface area contributed by atoms with Gasteiger partial charge in [-0.25, -0.2) is 0 Å². The quantitative estimate of drug-likeness (QED) is 0.458. The molecule has 0 radical (unpaired) electrons. The van der Waals surface area contributed by atoms with E-state index in [1.165, 1.54) is 0 Å². The van der Waals surface area contributed by atoms with Gasteiger partial charge >= 0.3 is 0 Å². The van der Waals surface area contributed by atoms with Gasteiger partial charge in [0.2, 0.25) is 0 Å². The maximum Gasteiger partial charge on any atom is 0.251 e. The van der Waals surface area contributed by atoms with Crippen LogP contribution in [0.25, 0.3) is 0 Å². The van der Waals surface area contributed by atoms with Crippen molar-refractivity contribution in [1.29, 1.82) is 0 Å². The van der Waals surface area contributed by atoms with Crippen LogP contribution >= 0.6 is 11.0 Å². The second kappa shape index (κ2) is 7.75. The number of phenolic OH excluding ortho intramolecular Hbond substituents is 1. The molecule has 0 aliphatic carbocycles. The first-order valence-corrected chi connectivity index (χ1v) is 9.94. The number of aliphatic hydroxyl groups excluding tert-OH is 1. The van der Waals surface area contributed by atoms with Crippen LogP contribution < -0.4 is 14.3 Å². The lowest BCUT2D eigenvalue weighted by atomic mass is 10.0. The normalized spacial score (nSPS) is 19.7. The van der Waals surface area contributed by atoms with E-state index in [4.69, 9.17) is 0 Å². The monoisotopic (exact) mass is 393 g/mol. The van der Waals surface area contributed by atoms with Crippen LogP contribution in [0.1, 0.15) is 21.5 Å². The number of phenols is 1. The van der Waals surface area contributed by atoms with Gasteiger partial charge in [-0.3, -0.25) is 18.2 Å². The number of anilines is 1. The molecular formula is C18H23N3O5S. The molecule has 1 fully saturated rings. The van der Waals surface area contributed by atoms with Crippen LogP contribution in [0.5, 0.6) is 5.75 Å². The zero-order valence-electron chi connectivity index (χ0n) is 14.8. The van der Waals surface area contributed by atoms with Crippen molar-refractivity contribution in [2.75, 3.05) is 17.9 Å². The lowest BCUT2D eigenvalue weighted by Crippen LogP contribution is -2.25. The van der Waals surface area contributed by atoms with Gasteiger partial charge < -0.3 is 15.5 Å². The molecule has 146 valence electrons. The predicted molar refractivity (Wildman–Crippen MR) is 105 cm³/mol. The van der Waals surface area contributed by atoms with Crippen LogP contribution in [-0.4, -0.2) is 45.0 Å². The van der Waals surface area contributed by atoms with E-state index >= 15 is 0 Å². The minimum atomic E-state index is -3.35. The number of carbonyl (C=O) groups is 1. The van der Waals surface area contributed by atoms with Crippen LogP contribution in [-0.2, 0) is 12.8 Å². The number of aromatic hydroxyl groups is 1. The molecule has 1 unspecified atom stereocenters. The number of amides is 1. The van der Waals surface area contributed by atoms with Gasteiger partial charge in [0.1, 0.15) is 17.7 Å². The Hall–Kier alpha value is -2.30. The molecule has 1 aliphatic rings. The summed E-state index contributed by atoms with van der Waals surface area (Å²) in [4.78, 5) is 11.6. The SMILES string of the molecule is CNC(=O)c1ccc(CCc2ccc(N3CC(O)NS3(O)O)c(O)c2)cc1. The van der Waals surface area contributed by atoms with E-state index in [0.29, 0.717) is 12.0 Å². The number of rotatable bonds is 5. The van der Waals surface area contributed by atoms with Gasteiger partial charge in [-0.05, 0) is 48.2 Å². The third-order valence-electron chi connectivity index (χ3n) is 4.39. The molecule has 8 nitrogen and oxygen atoms in total. The molecule has 0 spiro atoms. The Balaban J connectivity index is 1.67. The topological polar surface area (TPSA) is 125 Å². The second-order valence-corrected chi connectivity index (χ2v) is 8.03. The van der Waals surface area contributed by atoms with E-state index in [2.05, 4.69) is 10.0 Å². The highest BCUT2D eigenvalue weighted by molar-refractivity contribution is 8.24. The van der Waals surface area contributed by atoms with Gasteiger partial charge in [-0.15, -0.1) is 0 Å². The Bertz CT molecular complexity index is 828. The van der Waals surface area contributed by atoms with Crippen molar-refractivity contribution in [2.45, 2.75) is 19.1 Å². The number of nitrogens with zero attached hydrogens (tertiary/aromatic N) is 1.